The van der Waals surface area contributed by atoms with Gasteiger partial charge in [-0.05, 0) is 6.42 Å². The summed E-state index contributed by atoms with van der Waals surface area (Å²) in [5, 5.41) is 3.29. The molecule has 1 aromatic rings. The largest absolute Gasteiger partial charge is 0.345 e. The second kappa shape index (κ2) is 3.63. The van der Waals surface area contributed by atoms with Crippen molar-refractivity contribution >= 4 is 0 Å². The summed E-state index contributed by atoms with van der Waals surface area (Å²) in [7, 11) is 0. The maximum Gasteiger partial charge on any atom is 0.112 e. The molecule has 0 aliphatic carbocycles. The van der Waals surface area contributed by atoms with Crippen molar-refractivity contribution in [2.75, 3.05) is 13.1 Å². The second-order valence-corrected chi connectivity index (χ2v) is 5.41. The minimum Gasteiger partial charge on any atom is -0.345 e. The summed E-state index contributed by atoms with van der Waals surface area (Å²) in [6.07, 6.45) is 1.04. The fraction of sp³-hybridized carbons (Fsp3) is 0.750. The summed E-state index contributed by atoms with van der Waals surface area (Å²) >= 11 is 0. The first-order valence-corrected chi connectivity index (χ1v) is 5.82. The van der Waals surface area contributed by atoms with Crippen LogP contribution in [0.5, 0.6) is 0 Å². The van der Waals surface area contributed by atoms with Gasteiger partial charge in [-0.15, -0.1) is 0 Å². The van der Waals surface area contributed by atoms with Gasteiger partial charge in [0, 0.05) is 30.1 Å². The van der Waals surface area contributed by atoms with E-state index in [0.29, 0.717) is 5.92 Å². The van der Waals surface area contributed by atoms with Gasteiger partial charge in [0.25, 0.3) is 0 Å². The van der Waals surface area contributed by atoms with Gasteiger partial charge in [-0.25, -0.2) is 4.98 Å². The van der Waals surface area contributed by atoms with Gasteiger partial charge in [0.15, 0.2) is 0 Å². The zero-order valence-electron chi connectivity index (χ0n) is 10.1. The van der Waals surface area contributed by atoms with Gasteiger partial charge < -0.3 is 10.3 Å². The van der Waals surface area contributed by atoms with Gasteiger partial charge in [-0.2, -0.15) is 0 Å². The standard InChI is InChI=1S/C12H21N3/c1-5-9-10(12(2,3)4)15-11(14-9)8-6-13-7-8/h8,13H,5-7H2,1-4H3,(H,14,15). The Hall–Kier alpha value is -0.830. The lowest BCUT2D eigenvalue weighted by Gasteiger charge is -2.25. The highest BCUT2D eigenvalue weighted by Crippen LogP contribution is 2.27. The van der Waals surface area contributed by atoms with E-state index in [1.54, 1.807) is 0 Å². The zero-order valence-corrected chi connectivity index (χ0v) is 10.1. The zero-order chi connectivity index (χ0) is 11.1. The molecule has 1 aliphatic heterocycles. The first-order valence-electron chi connectivity index (χ1n) is 5.82. The van der Waals surface area contributed by atoms with E-state index < -0.39 is 0 Å². The number of aryl methyl sites for hydroxylation is 1. The quantitative estimate of drug-likeness (QED) is 0.778. The van der Waals surface area contributed by atoms with Crippen LogP contribution in [0.2, 0.25) is 0 Å². The molecule has 3 nitrogen and oxygen atoms in total. The van der Waals surface area contributed by atoms with Crippen molar-refractivity contribution in [2.24, 2.45) is 0 Å². The Morgan fingerprint density at radius 3 is 2.33 bits per heavy atom. The van der Waals surface area contributed by atoms with Crippen LogP contribution >= 0.6 is 0 Å². The minimum atomic E-state index is 0.150. The van der Waals surface area contributed by atoms with Crippen molar-refractivity contribution in [1.29, 1.82) is 0 Å². The average molecular weight is 207 g/mol. The summed E-state index contributed by atoms with van der Waals surface area (Å²) in [6.45, 7) is 11.0. The Morgan fingerprint density at radius 1 is 1.33 bits per heavy atom. The van der Waals surface area contributed by atoms with E-state index in [0.717, 1.165) is 19.5 Å². The molecule has 1 aromatic heterocycles. The monoisotopic (exact) mass is 207 g/mol. The van der Waals surface area contributed by atoms with Crippen LogP contribution in [0.3, 0.4) is 0 Å². The average Bonchev–Trinajstić information content (AvgIpc) is 2.44. The number of imidazole rings is 1. The highest BCUT2D eigenvalue weighted by atomic mass is 15.0. The molecule has 0 radical (unpaired) electrons. The highest BCUT2D eigenvalue weighted by molar-refractivity contribution is 5.24. The molecule has 0 spiro atoms. The fourth-order valence-electron chi connectivity index (χ4n) is 1.98. The Balaban J connectivity index is 2.32. The van der Waals surface area contributed by atoms with Gasteiger partial charge in [0.2, 0.25) is 0 Å². The molecule has 1 aliphatic rings. The molecular weight excluding hydrogens is 186 g/mol. The lowest BCUT2D eigenvalue weighted by Crippen LogP contribution is -2.40. The van der Waals surface area contributed by atoms with Crippen LogP contribution in [0.1, 0.15) is 50.8 Å². The number of aromatic amines is 1. The summed E-state index contributed by atoms with van der Waals surface area (Å²) in [6, 6.07) is 0. The van der Waals surface area contributed by atoms with E-state index in [1.807, 2.05) is 0 Å². The van der Waals surface area contributed by atoms with E-state index in [4.69, 9.17) is 4.98 Å². The molecule has 15 heavy (non-hydrogen) atoms. The Morgan fingerprint density at radius 2 is 2.00 bits per heavy atom. The Kier molecular flexibility index (Phi) is 2.59. The molecule has 2 N–H and O–H groups in total. The number of rotatable bonds is 2. The van der Waals surface area contributed by atoms with Crippen molar-refractivity contribution in [2.45, 2.75) is 45.4 Å². The van der Waals surface area contributed by atoms with Crippen LogP contribution in [0.4, 0.5) is 0 Å². The van der Waals surface area contributed by atoms with E-state index in [9.17, 15) is 0 Å². The van der Waals surface area contributed by atoms with Crippen molar-refractivity contribution < 1.29 is 0 Å². The van der Waals surface area contributed by atoms with Crippen LogP contribution < -0.4 is 5.32 Å². The molecule has 0 aromatic carbocycles. The first kappa shape index (κ1) is 10.7. The molecule has 0 amide bonds. The number of hydrogen-bond donors (Lipinski definition) is 2. The predicted octanol–water partition coefficient (Wildman–Crippen LogP) is 1.96. The normalized spacial score (nSPS) is 17.9. The van der Waals surface area contributed by atoms with Crippen molar-refractivity contribution in [3.8, 4) is 0 Å². The van der Waals surface area contributed by atoms with E-state index >= 15 is 0 Å². The smallest absolute Gasteiger partial charge is 0.112 e. The minimum absolute atomic E-state index is 0.150. The van der Waals surface area contributed by atoms with E-state index in [-0.39, 0.29) is 5.41 Å². The lowest BCUT2D eigenvalue weighted by molar-refractivity contribution is 0.430. The topological polar surface area (TPSA) is 40.7 Å². The fourth-order valence-corrected chi connectivity index (χ4v) is 1.98. The molecule has 0 atom stereocenters. The molecule has 2 heterocycles. The predicted molar refractivity (Wildman–Crippen MR) is 62.3 cm³/mol. The molecule has 0 bridgehead atoms. The number of H-pyrrole nitrogens is 1. The molecule has 84 valence electrons. The van der Waals surface area contributed by atoms with Gasteiger partial charge in [0.05, 0.1) is 5.69 Å². The Labute approximate surface area is 91.7 Å². The van der Waals surface area contributed by atoms with Crippen molar-refractivity contribution in [1.82, 2.24) is 15.3 Å². The van der Waals surface area contributed by atoms with Crippen LogP contribution in [-0.2, 0) is 11.8 Å². The van der Waals surface area contributed by atoms with E-state index in [2.05, 4.69) is 38.0 Å². The van der Waals surface area contributed by atoms with E-state index in [1.165, 1.54) is 17.2 Å². The highest BCUT2D eigenvalue weighted by Gasteiger charge is 2.27. The third-order valence-corrected chi connectivity index (χ3v) is 3.03. The third kappa shape index (κ3) is 1.93. The molecular formula is C12H21N3. The van der Waals surface area contributed by atoms with Gasteiger partial charge in [0.1, 0.15) is 5.82 Å². The van der Waals surface area contributed by atoms with Gasteiger partial charge in [-0.1, -0.05) is 27.7 Å². The van der Waals surface area contributed by atoms with Crippen LogP contribution in [0, 0.1) is 0 Å². The number of nitrogens with zero attached hydrogens (tertiary/aromatic N) is 1. The Bertz CT molecular complexity index is 342. The molecule has 3 heteroatoms. The maximum atomic E-state index is 4.78. The summed E-state index contributed by atoms with van der Waals surface area (Å²) in [4.78, 5) is 8.27. The molecule has 0 unspecified atom stereocenters. The number of aromatic nitrogens is 2. The maximum absolute atomic E-state index is 4.78. The molecule has 1 saturated heterocycles. The lowest BCUT2D eigenvalue weighted by atomic mass is 9.90. The number of nitrogens with one attached hydrogen (secondary N) is 2. The first-order chi connectivity index (χ1) is 7.02. The number of hydrogen-bond acceptors (Lipinski definition) is 2. The molecule has 0 saturated carbocycles. The van der Waals surface area contributed by atoms with Crippen LogP contribution in [0.15, 0.2) is 0 Å². The van der Waals surface area contributed by atoms with Gasteiger partial charge in [-0.3, -0.25) is 0 Å². The van der Waals surface area contributed by atoms with Crippen LogP contribution in [0.25, 0.3) is 0 Å². The second-order valence-electron chi connectivity index (χ2n) is 5.41. The summed E-state index contributed by atoms with van der Waals surface area (Å²) in [5.41, 5.74) is 2.70. The molecule has 1 fully saturated rings. The summed E-state index contributed by atoms with van der Waals surface area (Å²) < 4.78 is 0. The van der Waals surface area contributed by atoms with Crippen molar-refractivity contribution in [3.05, 3.63) is 17.2 Å². The van der Waals surface area contributed by atoms with Crippen LogP contribution in [-0.4, -0.2) is 23.1 Å². The third-order valence-electron chi connectivity index (χ3n) is 3.03. The summed E-state index contributed by atoms with van der Waals surface area (Å²) in [5.74, 6) is 1.78. The van der Waals surface area contributed by atoms with Gasteiger partial charge >= 0.3 is 0 Å². The SMILES string of the molecule is CCc1[nH]c(C2CNC2)nc1C(C)(C)C. The molecule has 2 rings (SSSR count). The van der Waals surface area contributed by atoms with Crippen molar-refractivity contribution in [3.63, 3.8) is 0 Å².